The van der Waals surface area contributed by atoms with E-state index in [1.54, 1.807) is 32.2 Å². The Kier molecular flexibility index (Phi) is 7.87. The normalized spacial score (nSPS) is 12.6. The van der Waals surface area contributed by atoms with Gasteiger partial charge in [0.15, 0.2) is 0 Å². The van der Waals surface area contributed by atoms with Crippen LogP contribution in [0.3, 0.4) is 0 Å². The second-order valence-electron chi connectivity index (χ2n) is 6.90. The van der Waals surface area contributed by atoms with Crippen LogP contribution in [0.15, 0.2) is 48.5 Å². The predicted molar refractivity (Wildman–Crippen MR) is 113 cm³/mol. The predicted octanol–water partition coefficient (Wildman–Crippen LogP) is 3.59. The lowest BCUT2D eigenvalue weighted by Crippen LogP contribution is -2.42. The number of hydrogen-bond donors (Lipinski definition) is 3. The number of nitrogens with one attached hydrogen (secondary N) is 3. The zero-order valence-electron chi connectivity index (χ0n) is 16.9. The number of hydrogen-bond acceptors (Lipinski definition) is 4. The molecule has 0 aromatic heterocycles. The number of carbonyl (C=O) groups is 2. The van der Waals surface area contributed by atoms with Crippen LogP contribution in [-0.4, -0.2) is 31.0 Å². The first kappa shape index (κ1) is 21.3. The highest BCUT2D eigenvalue weighted by molar-refractivity contribution is 5.90. The first-order valence-corrected chi connectivity index (χ1v) is 9.45. The summed E-state index contributed by atoms with van der Waals surface area (Å²) < 4.78 is 5.35. The topological polar surface area (TPSA) is 79.5 Å². The van der Waals surface area contributed by atoms with Crippen LogP contribution in [0.25, 0.3) is 0 Å². The fourth-order valence-corrected chi connectivity index (χ4v) is 2.87. The Morgan fingerprint density at radius 2 is 1.79 bits per heavy atom. The average Bonchev–Trinajstić information content (AvgIpc) is 2.67. The monoisotopic (exact) mass is 383 g/mol. The van der Waals surface area contributed by atoms with Crippen molar-refractivity contribution in [2.75, 3.05) is 17.7 Å². The Bertz CT molecular complexity index is 793. The third-order valence-corrected chi connectivity index (χ3v) is 4.38. The summed E-state index contributed by atoms with van der Waals surface area (Å²) in [4.78, 5) is 23.8. The van der Waals surface area contributed by atoms with Gasteiger partial charge in [0.2, 0.25) is 11.8 Å². The van der Waals surface area contributed by atoms with Crippen LogP contribution < -0.4 is 20.7 Å². The number of aryl methyl sites for hydroxylation is 1. The summed E-state index contributed by atoms with van der Waals surface area (Å²) in [5.41, 5.74) is 2.54. The molecule has 0 heterocycles. The van der Waals surface area contributed by atoms with Gasteiger partial charge in [-0.25, -0.2) is 0 Å². The molecule has 2 unspecified atom stereocenters. The van der Waals surface area contributed by atoms with Crippen molar-refractivity contribution in [3.63, 3.8) is 0 Å². The van der Waals surface area contributed by atoms with E-state index in [0.717, 1.165) is 12.8 Å². The lowest BCUT2D eigenvalue weighted by molar-refractivity contribution is -0.122. The fourth-order valence-electron chi connectivity index (χ4n) is 2.87. The molecule has 2 atom stereocenters. The van der Waals surface area contributed by atoms with E-state index in [9.17, 15) is 9.59 Å². The molecule has 0 spiro atoms. The molecule has 0 aliphatic carbocycles. The van der Waals surface area contributed by atoms with Gasteiger partial charge in [-0.2, -0.15) is 0 Å². The maximum Gasteiger partial charge on any atom is 0.242 e. The second kappa shape index (κ2) is 10.3. The summed E-state index contributed by atoms with van der Waals surface area (Å²) in [6, 6.07) is 15.1. The van der Waals surface area contributed by atoms with Crippen LogP contribution in [0.1, 0.15) is 32.8 Å². The molecule has 2 aromatic carbocycles. The summed E-state index contributed by atoms with van der Waals surface area (Å²) >= 11 is 0. The molecule has 2 rings (SSSR count). The molecular weight excluding hydrogens is 354 g/mol. The smallest absolute Gasteiger partial charge is 0.242 e. The molecule has 0 aliphatic heterocycles. The van der Waals surface area contributed by atoms with Crippen molar-refractivity contribution in [3.05, 3.63) is 54.1 Å². The van der Waals surface area contributed by atoms with Gasteiger partial charge in [-0.05, 0) is 50.5 Å². The molecule has 0 fully saturated rings. The maximum absolute atomic E-state index is 12.5. The molecule has 150 valence electrons. The lowest BCUT2D eigenvalue weighted by Gasteiger charge is -2.21. The summed E-state index contributed by atoms with van der Waals surface area (Å²) in [7, 11) is 1.56. The van der Waals surface area contributed by atoms with Crippen LogP contribution in [0, 0.1) is 0 Å². The summed E-state index contributed by atoms with van der Waals surface area (Å²) in [5.74, 6) is 0.354. The lowest BCUT2D eigenvalue weighted by atomic mass is 10.1. The van der Waals surface area contributed by atoms with Crippen molar-refractivity contribution < 1.29 is 14.3 Å². The third-order valence-electron chi connectivity index (χ3n) is 4.38. The van der Waals surface area contributed by atoms with Crippen molar-refractivity contribution >= 4 is 23.2 Å². The molecule has 0 saturated carbocycles. The standard InChI is InChI=1S/C22H29N3O3/c1-15(10-11-18-8-6-5-7-9-18)23-22(27)16(2)24-20-14-19(25-17(3)26)12-13-21(20)28-4/h5-9,12-16,24H,10-11H2,1-4H3,(H,23,27)(H,25,26). The molecule has 3 N–H and O–H groups in total. The van der Waals surface area contributed by atoms with Gasteiger partial charge in [0.25, 0.3) is 0 Å². The first-order valence-electron chi connectivity index (χ1n) is 9.45. The number of amides is 2. The van der Waals surface area contributed by atoms with Crippen LogP contribution in [-0.2, 0) is 16.0 Å². The van der Waals surface area contributed by atoms with Gasteiger partial charge < -0.3 is 20.7 Å². The Morgan fingerprint density at radius 3 is 2.43 bits per heavy atom. The summed E-state index contributed by atoms with van der Waals surface area (Å²) in [5, 5.41) is 8.94. The molecule has 28 heavy (non-hydrogen) atoms. The van der Waals surface area contributed by atoms with E-state index >= 15 is 0 Å². The molecule has 0 saturated heterocycles. The van der Waals surface area contributed by atoms with Gasteiger partial charge >= 0.3 is 0 Å². The molecule has 6 heteroatoms. The first-order chi connectivity index (χ1) is 13.4. The minimum atomic E-state index is -0.458. The van der Waals surface area contributed by atoms with Crippen LogP contribution in [0.4, 0.5) is 11.4 Å². The summed E-state index contributed by atoms with van der Waals surface area (Å²) in [6.07, 6.45) is 1.78. The average molecular weight is 383 g/mol. The highest BCUT2D eigenvalue weighted by atomic mass is 16.5. The highest BCUT2D eigenvalue weighted by Crippen LogP contribution is 2.28. The zero-order valence-corrected chi connectivity index (χ0v) is 16.9. The van der Waals surface area contributed by atoms with E-state index in [0.29, 0.717) is 17.1 Å². The number of ether oxygens (including phenoxy) is 1. The number of anilines is 2. The van der Waals surface area contributed by atoms with Crippen LogP contribution >= 0.6 is 0 Å². The van der Waals surface area contributed by atoms with Crippen molar-refractivity contribution in [2.45, 2.75) is 45.7 Å². The van der Waals surface area contributed by atoms with E-state index in [2.05, 4.69) is 28.1 Å². The molecule has 0 radical (unpaired) electrons. The minimum absolute atomic E-state index is 0.0598. The van der Waals surface area contributed by atoms with Gasteiger partial charge in [-0.1, -0.05) is 30.3 Å². The van der Waals surface area contributed by atoms with Gasteiger partial charge in [-0.15, -0.1) is 0 Å². The second-order valence-corrected chi connectivity index (χ2v) is 6.90. The van der Waals surface area contributed by atoms with Crippen LogP contribution in [0.2, 0.25) is 0 Å². The number of benzene rings is 2. The van der Waals surface area contributed by atoms with E-state index < -0.39 is 6.04 Å². The third kappa shape index (κ3) is 6.61. The fraction of sp³-hybridized carbons (Fsp3) is 0.364. The molecule has 2 aromatic rings. The molecular formula is C22H29N3O3. The van der Waals surface area contributed by atoms with Gasteiger partial charge in [0.05, 0.1) is 12.8 Å². The minimum Gasteiger partial charge on any atom is -0.495 e. The van der Waals surface area contributed by atoms with Crippen LogP contribution in [0.5, 0.6) is 5.75 Å². The number of rotatable bonds is 9. The molecule has 0 bridgehead atoms. The Labute approximate surface area is 166 Å². The maximum atomic E-state index is 12.5. The van der Waals surface area contributed by atoms with Gasteiger partial charge in [0, 0.05) is 18.7 Å². The van der Waals surface area contributed by atoms with Gasteiger partial charge in [0.1, 0.15) is 11.8 Å². The molecule has 0 aliphatic rings. The van der Waals surface area contributed by atoms with Crippen molar-refractivity contribution in [2.24, 2.45) is 0 Å². The molecule has 2 amide bonds. The summed E-state index contributed by atoms with van der Waals surface area (Å²) in [6.45, 7) is 5.25. The Balaban J connectivity index is 1.92. The SMILES string of the molecule is COc1ccc(NC(C)=O)cc1NC(C)C(=O)NC(C)CCc1ccccc1. The highest BCUT2D eigenvalue weighted by Gasteiger charge is 2.17. The van der Waals surface area contributed by atoms with Crippen molar-refractivity contribution in [1.82, 2.24) is 5.32 Å². The van der Waals surface area contributed by atoms with E-state index in [1.165, 1.54) is 12.5 Å². The number of carbonyl (C=O) groups excluding carboxylic acids is 2. The quantitative estimate of drug-likeness (QED) is 0.618. The Morgan fingerprint density at radius 1 is 1.07 bits per heavy atom. The van der Waals surface area contributed by atoms with Crippen molar-refractivity contribution in [1.29, 1.82) is 0 Å². The van der Waals surface area contributed by atoms with E-state index in [-0.39, 0.29) is 17.9 Å². The molecule has 6 nitrogen and oxygen atoms in total. The Hall–Kier alpha value is -3.02. The van der Waals surface area contributed by atoms with E-state index in [4.69, 9.17) is 4.74 Å². The van der Waals surface area contributed by atoms with E-state index in [1.807, 2.05) is 25.1 Å². The van der Waals surface area contributed by atoms with Gasteiger partial charge in [-0.3, -0.25) is 9.59 Å². The zero-order chi connectivity index (χ0) is 20.5. The number of methoxy groups -OCH3 is 1. The largest absolute Gasteiger partial charge is 0.495 e. The van der Waals surface area contributed by atoms with Crippen molar-refractivity contribution in [3.8, 4) is 5.75 Å².